The van der Waals surface area contributed by atoms with Crippen LogP contribution < -0.4 is 5.32 Å². The molecule has 2 aromatic carbocycles. The Kier molecular flexibility index (Phi) is 4.56. The molecule has 25 heavy (non-hydrogen) atoms. The topological polar surface area (TPSA) is 68.0 Å². The summed E-state index contributed by atoms with van der Waals surface area (Å²) in [5.74, 6) is -1.14. The highest BCUT2D eigenvalue weighted by Gasteiger charge is 2.20. The molecule has 1 heterocycles. The number of aryl methyl sites for hydroxylation is 1. The van der Waals surface area contributed by atoms with Crippen LogP contribution in [0.2, 0.25) is 0 Å². The van der Waals surface area contributed by atoms with Crippen molar-refractivity contribution in [2.24, 2.45) is 0 Å². The number of hydrogen-bond acceptors (Lipinski definition) is 4. The van der Waals surface area contributed by atoms with Crippen molar-refractivity contribution in [3.8, 4) is 11.5 Å². The lowest BCUT2D eigenvalue weighted by Crippen LogP contribution is -2.27. The number of halogens is 2. The molecule has 0 bridgehead atoms. The third kappa shape index (κ3) is 3.55. The van der Waals surface area contributed by atoms with Gasteiger partial charge in [0.15, 0.2) is 5.82 Å². The first-order valence-corrected chi connectivity index (χ1v) is 7.61. The van der Waals surface area contributed by atoms with E-state index in [1.807, 2.05) is 0 Å². The smallest absolute Gasteiger partial charge is 0.258 e. The minimum absolute atomic E-state index is 0.195. The third-order valence-electron chi connectivity index (χ3n) is 3.71. The molecular formula is C18H15F2N3O2. The normalized spacial score (nSPS) is 12.0. The van der Waals surface area contributed by atoms with Crippen LogP contribution in [-0.4, -0.2) is 16.0 Å². The van der Waals surface area contributed by atoms with E-state index in [9.17, 15) is 13.6 Å². The lowest BCUT2D eigenvalue weighted by atomic mass is 10.0. The highest BCUT2D eigenvalue weighted by Crippen LogP contribution is 2.23. The van der Waals surface area contributed by atoms with E-state index in [2.05, 4.69) is 15.5 Å². The first-order valence-electron chi connectivity index (χ1n) is 7.61. The number of carbonyl (C=O) groups excluding carboxylic acids is 1. The van der Waals surface area contributed by atoms with Crippen LogP contribution in [0, 0.1) is 18.6 Å². The zero-order valence-corrected chi connectivity index (χ0v) is 13.6. The maximum Gasteiger partial charge on any atom is 0.258 e. The molecule has 1 aromatic heterocycles. The first-order chi connectivity index (χ1) is 12.0. The fourth-order valence-corrected chi connectivity index (χ4v) is 2.48. The van der Waals surface area contributed by atoms with Gasteiger partial charge in [-0.3, -0.25) is 4.79 Å². The van der Waals surface area contributed by atoms with Gasteiger partial charge in [0.05, 0.1) is 17.2 Å². The molecule has 0 spiro atoms. The molecule has 1 N–H and O–H groups in total. The van der Waals surface area contributed by atoms with E-state index in [4.69, 9.17) is 4.52 Å². The molecule has 0 saturated carbocycles. The minimum Gasteiger partial charge on any atom is -0.345 e. The Morgan fingerprint density at radius 3 is 2.64 bits per heavy atom. The lowest BCUT2D eigenvalue weighted by Gasteiger charge is -2.16. The zero-order chi connectivity index (χ0) is 18.0. The Morgan fingerprint density at radius 1 is 1.20 bits per heavy atom. The average molecular weight is 343 g/mol. The average Bonchev–Trinajstić information content (AvgIpc) is 3.01. The van der Waals surface area contributed by atoms with Crippen LogP contribution in [0.15, 0.2) is 47.0 Å². The van der Waals surface area contributed by atoms with Crippen LogP contribution >= 0.6 is 0 Å². The molecule has 0 radical (unpaired) electrons. The molecule has 0 saturated heterocycles. The standard InChI is InChI=1S/C18H15F2N3O2/c1-10(13-8-7-12(19)9-16(13)20)21-17(24)14-5-3-4-6-15(14)18-22-11(2)23-25-18/h3-10H,1-2H3,(H,21,24)/t10-/m0/s1. The van der Waals surface area contributed by atoms with Crippen LogP contribution in [-0.2, 0) is 0 Å². The van der Waals surface area contributed by atoms with Gasteiger partial charge in [-0.15, -0.1) is 0 Å². The first kappa shape index (κ1) is 16.8. The van der Waals surface area contributed by atoms with Gasteiger partial charge in [0.1, 0.15) is 11.6 Å². The number of aromatic nitrogens is 2. The summed E-state index contributed by atoms with van der Waals surface area (Å²) >= 11 is 0. The summed E-state index contributed by atoms with van der Waals surface area (Å²) in [6, 6.07) is 9.33. The van der Waals surface area contributed by atoms with E-state index in [1.54, 1.807) is 38.1 Å². The van der Waals surface area contributed by atoms with Crippen molar-refractivity contribution in [1.29, 1.82) is 0 Å². The van der Waals surface area contributed by atoms with E-state index in [-0.39, 0.29) is 11.5 Å². The fraction of sp³-hybridized carbons (Fsp3) is 0.167. The predicted molar refractivity (Wildman–Crippen MR) is 86.7 cm³/mol. The Morgan fingerprint density at radius 2 is 1.96 bits per heavy atom. The number of carbonyl (C=O) groups is 1. The number of benzene rings is 2. The van der Waals surface area contributed by atoms with Crippen molar-refractivity contribution in [1.82, 2.24) is 15.5 Å². The second kappa shape index (κ2) is 6.80. The van der Waals surface area contributed by atoms with Gasteiger partial charge in [-0.05, 0) is 32.0 Å². The molecule has 0 aliphatic heterocycles. The van der Waals surface area contributed by atoms with Crippen LogP contribution in [0.3, 0.4) is 0 Å². The Bertz CT molecular complexity index is 924. The number of nitrogens with one attached hydrogen (secondary N) is 1. The van der Waals surface area contributed by atoms with Gasteiger partial charge in [-0.1, -0.05) is 23.4 Å². The van der Waals surface area contributed by atoms with Crippen molar-refractivity contribution < 1.29 is 18.1 Å². The molecular weight excluding hydrogens is 328 g/mol. The zero-order valence-electron chi connectivity index (χ0n) is 13.6. The maximum absolute atomic E-state index is 13.9. The molecule has 0 unspecified atom stereocenters. The maximum atomic E-state index is 13.9. The highest BCUT2D eigenvalue weighted by atomic mass is 19.1. The van der Waals surface area contributed by atoms with E-state index in [0.29, 0.717) is 17.0 Å². The Hall–Kier alpha value is -3.09. The molecule has 3 aromatic rings. The van der Waals surface area contributed by atoms with Crippen molar-refractivity contribution in [3.05, 3.63) is 71.1 Å². The fourth-order valence-electron chi connectivity index (χ4n) is 2.48. The summed E-state index contributed by atoms with van der Waals surface area (Å²) in [4.78, 5) is 16.7. The van der Waals surface area contributed by atoms with E-state index in [1.165, 1.54) is 6.07 Å². The molecule has 128 valence electrons. The molecule has 0 fully saturated rings. The van der Waals surface area contributed by atoms with Crippen LogP contribution in [0.4, 0.5) is 8.78 Å². The summed E-state index contributed by atoms with van der Waals surface area (Å²) in [7, 11) is 0. The summed E-state index contributed by atoms with van der Waals surface area (Å²) in [5, 5.41) is 6.42. The van der Waals surface area contributed by atoms with Crippen molar-refractivity contribution in [3.63, 3.8) is 0 Å². The van der Waals surface area contributed by atoms with Crippen LogP contribution in [0.25, 0.3) is 11.5 Å². The largest absolute Gasteiger partial charge is 0.345 e. The predicted octanol–water partition coefficient (Wildman–Crippen LogP) is 3.81. The van der Waals surface area contributed by atoms with Gasteiger partial charge in [-0.25, -0.2) is 8.78 Å². The van der Waals surface area contributed by atoms with E-state index in [0.717, 1.165) is 12.1 Å². The van der Waals surface area contributed by atoms with Gasteiger partial charge in [0.25, 0.3) is 11.8 Å². The van der Waals surface area contributed by atoms with Crippen LogP contribution in [0.1, 0.15) is 34.7 Å². The monoisotopic (exact) mass is 343 g/mol. The van der Waals surface area contributed by atoms with Crippen molar-refractivity contribution >= 4 is 5.91 Å². The van der Waals surface area contributed by atoms with E-state index < -0.39 is 23.6 Å². The quantitative estimate of drug-likeness (QED) is 0.782. The summed E-state index contributed by atoms with van der Waals surface area (Å²) in [6.45, 7) is 3.29. The van der Waals surface area contributed by atoms with E-state index >= 15 is 0 Å². The van der Waals surface area contributed by atoms with Gasteiger partial charge in [0, 0.05) is 11.6 Å². The van der Waals surface area contributed by atoms with Crippen molar-refractivity contribution in [2.45, 2.75) is 19.9 Å². The van der Waals surface area contributed by atoms with Gasteiger partial charge >= 0.3 is 0 Å². The SMILES string of the molecule is Cc1noc(-c2ccccc2C(=O)N[C@@H](C)c2ccc(F)cc2F)n1. The number of nitrogens with zero attached hydrogens (tertiary/aromatic N) is 2. The Labute approximate surface area is 142 Å². The van der Waals surface area contributed by atoms with Crippen LogP contribution in [0.5, 0.6) is 0 Å². The molecule has 0 aliphatic carbocycles. The van der Waals surface area contributed by atoms with Gasteiger partial charge in [0.2, 0.25) is 0 Å². The second-order valence-corrected chi connectivity index (χ2v) is 5.55. The van der Waals surface area contributed by atoms with Gasteiger partial charge in [-0.2, -0.15) is 4.98 Å². The van der Waals surface area contributed by atoms with Crippen molar-refractivity contribution in [2.75, 3.05) is 0 Å². The number of hydrogen-bond donors (Lipinski definition) is 1. The Balaban J connectivity index is 1.87. The molecule has 5 nitrogen and oxygen atoms in total. The summed E-state index contributed by atoms with van der Waals surface area (Å²) < 4.78 is 32.0. The molecule has 3 rings (SSSR count). The lowest BCUT2D eigenvalue weighted by molar-refractivity contribution is 0.0939. The summed E-state index contributed by atoms with van der Waals surface area (Å²) in [6.07, 6.45) is 0. The van der Waals surface area contributed by atoms with Gasteiger partial charge < -0.3 is 9.84 Å². The molecule has 1 atom stereocenters. The molecule has 0 aliphatic rings. The molecule has 7 heteroatoms. The highest BCUT2D eigenvalue weighted by molar-refractivity contribution is 6.00. The summed E-state index contributed by atoms with van der Waals surface area (Å²) in [5.41, 5.74) is 0.994. The third-order valence-corrected chi connectivity index (χ3v) is 3.71. The number of amides is 1. The minimum atomic E-state index is -0.714. The second-order valence-electron chi connectivity index (χ2n) is 5.55. The number of rotatable bonds is 4. The molecule has 1 amide bonds.